The van der Waals surface area contributed by atoms with Gasteiger partial charge in [-0.25, -0.2) is 14.4 Å². The zero-order chi connectivity index (χ0) is 20.8. The number of nitrogens with one attached hydrogen (secondary N) is 1. The van der Waals surface area contributed by atoms with E-state index in [1.54, 1.807) is 12.1 Å². The molecule has 0 saturated carbocycles. The minimum Gasteiger partial charge on any atom is -0.377 e. The quantitative estimate of drug-likeness (QED) is 0.696. The van der Waals surface area contributed by atoms with Gasteiger partial charge in [0.25, 0.3) is 0 Å². The molecule has 1 aromatic heterocycles. The molecule has 1 saturated heterocycles. The third-order valence-electron chi connectivity index (χ3n) is 5.92. The van der Waals surface area contributed by atoms with Gasteiger partial charge in [-0.3, -0.25) is 4.90 Å². The maximum absolute atomic E-state index is 13.9. The Morgan fingerprint density at radius 3 is 2.80 bits per heavy atom. The van der Waals surface area contributed by atoms with Gasteiger partial charge in [-0.05, 0) is 63.3 Å². The van der Waals surface area contributed by atoms with Crippen LogP contribution < -0.4 is 5.32 Å². The highest BCUT2D eigenvalue weighted by molar-refractivity contribution is 5.37. The van der Waals surface area contributed by atoms with Crippen molar-refractivity contribution in [3.63, 3.8) is 0 Å². The van der Waals surface area contributed by atoms with Gasteiger partial charge in [0, 0.05) is 30.4 Å². The first kappa shape index (κ1) is 20.9. The van der Waals surface area contributed by atoms with Crippen LogP contribution in [0, 0.1) is 18.7 Å². The topological polar surface area (TPSA) is 50.3 Å². The van der Waals surface area contributed by atoms with Gasteiger partial charge in [0.05, 0.1) is 13.2 Å². The monoisotopic (exact) mass is 410 g/mol. The normalized spacial score (nSPS) is 18.3. The summed E-state index contributed by atoms with van der Waals surface area (Å²) in [6, 6.07) is 8.85. The number of likely N-dealkylation sites (tertiary alicyclic amines) is 1. The van der Waals surface area contributed by atoms with Crippen molar-refractivity contribution in [3.8, 4) is 0 Å². The summed E-state index contributed by atoms with van der Waals surface area (Å²) in [4.78, 5) is 11.7. The smallest absolute Gasteiger partial charge is 0.130 e. The van der Waals surface area contributed by atoms with Crippen molar-refractivity contribution >= 4 is 5.82 Å². The van der Waals surface area contributed by atoms with Gasteiger partial charge in [-0.2, -0.15) is 0 Å². The molecule has 0 aliphatic carbocycles. The molecule has 2 aromatic rings. The van der Waals surface area contributed by atoms with Crippen LogP contribution in [0.5, 0.6) is 0 Å². The van der Waals surface area contributed by atoms with E-state index in [0.717, 1.165) is 63.0 Å². The summed E-state index contributed by atoms with van der Waals surface area (Å²) >= 11 is 0. The van der Waals surface area contributed by atoms with E-state index in [1.165, 1.54) is 24.5 Å². The van der Waals surface area contributed by atoms with Crippen molar-refractivity contribution in [1.82, 2.24) is 14.9 Å². The van der Waals surface area contributed by atoms with E-state index in [9.17, 15) is 4.39 Å². The Balaban J connectivity index is 1.29. The molecular formula is C24H31FN4O. The van der Waals surface area contributed by atoms with Crippen LogP contribution in [0.4, 0.5) is 10.2 Å². The van der Waals surface area contributed by atoms with Crippen LogP contribution in [0.25, 0.3) is 0 Å². The highest BCUT2D eigenvalue weighted by Gasteiger charge is 2.21. The summed E-state index contributed by atoms with van der Waals surface area (Å²) in [7, 11) is 0. The molecule has 160 valence electrons. The van der Waals surface area contributed by atoms with Crippen LogP contribution >= 0.6 is 0 Å². The predicted molar refractivity (Wildman–Crippen MR) is 117 cm³/mol. The molecule has 3 heterocycles. The number of anilines is 1. The van der Waals surface area contributed by atoms with Gasteiger partial charge < -0.3 is 10.1 Å². The Morgan fingerprint density at radius 1 is 1.20 bits per heavy atom. The predicted octanol–water partition coefficient (Wildman–Crippen LogP) is 4.14. The fourth-order valence-corrected chi connectivity index (χ4v) is 4.30. The lowest BCUT2D eigenvalue weighted by Gasteiger charge is -2.33. The number of nitrogens with zero attached hydrogens (tertiary/aromatic N) is 3. The Labute approximate surface area is 178 Å². The van der Waals surface area contributed by atoms with Gasteiger partial charge in [0.1, 0.15) is 17.5 Å². The maximum atomic E-state index is 13.9. The van der Waals surface area contributed by atoms with E-state index >= 15 is 0 Å². The molecule has 0 unspecified atom stereocenters. The van der Waals surface area contributed by atoms with Crippen molar-refractivity contribution in [3.05, 3.63) is 64.9 Å². The summed E-state index contributed by atoms with van der Waals surface area (Å²) in [6.07, 6.45) is 6.74. The minimum absolute atomic E-state index is 0.196. The molecule has 0 radical (unpaired) electrons. The van der Waals surface area contributed by atoms with Gasteiger partial charge in [-0.15, -0.1) is 0 Å². The molecule has 1 aromatic carbocycles. The average molecular weight is 411 g/mol. The second kappa shape index (κ2) is 10.1. The van der Waals surface area contributed by atoms with E-state index < -0.39 is 0 Å². The number of ether oxygens (including phenoxy) is 1. The number of piperidine rings is 1. The van der Waals surface area contributed by atoms with Crippen molar-refractivity contribution in [2.45, 2.75) is 39.2 Å². The van der Waals surface area contributed by atoms with Gasteiger partial charge >= 0.3 is 0 Å². The standard InChI is InChI=1S/C24H31FN4O/c1-18-27-22(14-24(28-18)26-15-21-6-2-3-7-23(21)25)13-19-8-10-29(11-9-19)16-20-5-4-12-30-17-20/h2-3,5-7,14,19H,4,8-13,15-17H2,1H3,(H,26,27,28). The Bertz CT molecular complexity index is 877. The summed E-state index contributed by atoms with van der Waals surface area (Å²) in [5, 5.41) is 3.26. The zero-order valence-electron chi connectivity index (χ0n) is 17.7. The average Bonchev–Trinajstić information content (AvgIpc) is 2.75. The van der Waals surface area contributed by atoms with Crippen molar-refractivity contribution in [2.75, 3.05) is 38.2 Å². The third kappa shape index (κ3) is 5.86. The molecule has 5 nitrogen and oxygen atoms in total. The summed E-state index contributed by atoms with van der Waals surface area (Å²) in [5.74, 6) is 1.97. The van der Waals surface area contributed by atoms with E-state index in [0.29, 0.717) is 18.0 Å². The molecule has 2 aliphatic rings. The lowest BCUT2D eigenvalue weighted by molar-refractivity contribution is 0.134. The van der Waals surface area contributed by atoms with Crippen LogP contribution in [-0.2, 0) is 17.7 Å². The molecular weight excluding hydrogens is 379 g/mol. The van der Waals surface area contributed by atoms with Crippen LogP contribution in [0.3, 0.4) is 0 Å². The number of benzene rings is 1. The van der Waals surface area contributed by atoms with Crippen molar-refractivity contribution < 1.29 is 9.13 Å². The number of aryl methyl sites for hydroxylation is 1. The summed E-state index contributed by atoms with van der Waals surface area (Å²) in [6.45, 7) is 7.29. The molecule has 2 aliphatic heterocycles. The van der Waals surface area contributed by atoms with Crippen LogP contribution in [0.1, 0.15) is 36.3 Å². The first-order chi connectivity index (χ1) is 14.7. The van der Waals surface area contributed by atoms with E-state index in [-0.39, 0.29) is 5.82 Å². The molecule has 6 heteroatoms. The Kier molecular flexibility index (Phi) is 7.07. The van der Waals surface area contributed by atoms with Gasteiger partial charge in [0.15, 0.2) is 0 Å². The number of hydrogen-bond donors (Lipinski definition) is 1. The van der Waals surface area contributed by atoms with Crippen LogP contribution in [0.2, 0.25) is 0 Å². The Hall–Kier alpha value is -2.31. The number of rotatable bonds is 7. The van der Waals surface area contributed by atoms with Gasteiger partial charge in [-0.1, -0.05) is 24.3 Å². The van der Waals surface area contributed by atoms with Crippen LogP contribution in [-0.4, -0.2) is 47.7 Å². The highest BCUT2D eigenvalue weighted by atomic mass is 19.1. The van der Waals surface area contributed by atoms with E-state index in [2.05, 4.69) is 26.3 Å². The molecule has 0 amide bonds. The molecule has 30 heavy (non-hydrogen) atoms. The Morgan fingerprint density at radius 2 is 2.03 bits per heavy atom. The second-order valence-corrected chi connectivity index (χ2v) is 8.36. The third-order valence-corrected chi connectivity index (χ3v) is 5.92. The number of hydrogen-bond acceptors (Lipinski definition) is 5. The SMILES string of the molecule is Cc1nc(CC2CCN(CC3=CCCOC3)CC2)cc(NCc2ccccc2F)n1. The molecule has 0 spiro atoms. The molecule has 4 rings (SSSR count). The molecule has 0 atom stereocenters. The van der Waals surface area contributed by atoms with E-state index in [4.69, 9.17) is 4.74 Å². The number of halogens is 1. The zero-order valence-corrected chi connectivity index (χ0v) is 17.7. The molecule has 0 bridgehead atoms. The molecule has 1 N–H and O–H groups in total. The number of aromatic nitrogens is 2. The summed E-state index contributed by atoms with van der Waals surface area (Å²) < 4.78 is 19.4. The van der Waals surface area contributed by atoms with Crippen molar-refractivity contribution in [1.29, 1.82) is 0 Å². The lowest BCUT2D eigenvalue weighted by Crippen LogP contribution is -2.36. The van der Waals surface area contributed by atoms with Gasteiger partial charge in [0.2, 0.25) is 0 Å². The fourth-order valence-electron chi connectivity index (χ4n) is 4.30. The van der Waals surface area contributed by atoms with E-state index in [1.807, 2.05) is 19.1 Å². The lowest BCUT2D eigenvalue weighted by atomic mass is 9.91. The van der Waals surface area contributed by atoms with Crippen LogP contribution in [0.15, 0.2) is 42.0 Å². The first-order valence-electron chi connectivity index (χ1n) is 11.0. The second-order valence-electron chi connectivity index (χ2n) is 8.36. The fraction of sp³-hybridized carbons (Fsp3) is 0.500. The summed E-state index contributed by atoms with van der Waals surface area (Å²) in [5.41, 5.74) is 3.14. The molecule has 1 fully saturated rings. The highest BCUT2D eigenvalue weighted by Crippen LogP contribution is 2.23. The first-order valence-corrected chi connectivity index (χ1v) is 11.0. The maximum Gasteiger partial charge on any atom is 0.130 e. The minimum atomic E-state index is -0.196. The largest absolute Gasteiger partial charge is 0.377 e. The van der Waals surface area contributed by atoms with Crippen molar-refractivity contribution in [2.24, 2.45) is 5.92 Å².